The molecular formula is C16H13ClN4O3. The lowest BCUT2D eigenvalue weighted by molar-refractivity contribution is 0.0517. The summed E-state index contributed by atoms with van der Waals surface area (Å²) in [7, 11) is 0. The summed E-state index contributed by atoms with van der Waals surface area (Å²) < 4.78 is 4.81. The molecule has 3 rings (SSSR count). The van der Waals surface area contributed by atoms with Crippen molar-refractivity contribution in [3.8, 4) is 0 Å². The van der Waals surface area contributed by atoms with E-state index in [1.165, 1.54) is 0 Å². The van der Waals surface area contributed by atoms with Crippen molar-refractivity contribution < 1.29 is 9.53 Å². The topological polar surface area (TPSA) is 97.8 Å². The number of esters is 1. The summed E-state index contributed by atoms with van der Waals surface area (Å²) in [5, 5.41) is 7.12. The number of carbonyl (C=O) groups excluding carboxylic acids is 1. The van der Waals surface area contributed by atoms with E-state index in [1.807, 2.05) is 6.07 Å². The molecule has 1 N–H and O–H groups in total. The van der Waals surface area contributed by atoms with Crippen LogP contribution in [-0.4, -0.2) is 32.7 Å². The van der Waals surface area contributed by atoms with E-state index in [0.717, 1.165) is 11.3 Å². The summed E-state index contributed by atoms with van der Waals surface area (Å²) >= 11 is 5.76. The minimum atomic E-state index is -0.753. The normalized spacial score (nSPS) is 10.8. The molecule has 3 aromatic heterocycles. The lowest BCUT2D eigenvalue weighted by Gasteiger charge is -2.04. The van der Waals surface area contributed by atoms with Crippen molar-refractivity contribution in [1.82, 2.24) is 20.2 Å². The van der Waals surface area contributed by atoms with Crippen LogP contribution in [0.4, 0.5) is 0 Å². The van der Waals surface area contributed by atoms with Crippen LogP contribution in [0.15, 0.2) is 35.3 Å². The molecule has 0 aliphatic carbocycles. The van der Waals surface area contributed by atoms with Gasteiger partial charge < -0.3 is 4.74 Å². The van der Waals surface area contributed by atoms with Gasteiger partial charge >= 0.3 is 5.97 Å². The highest BCUT2D eigenvalue weighted by Crippen LogP contribution is 2.12. The molecule has 0 atom stereocenters. The molecule has 0 fully saturated rings. The largest absolute Gasteiger partial charge is 0.461 e. The highest BCUT2D eigenvalue weighted by Gasteiger charge is 2.16. The van der Waals surface area contributed by atoms with Crippen LogP contribution in [-0.2, 0) is 11.2 Å². The van der Waals surface area contributed by atoms with E-state index in [-0.39, 0.29) is 17.7 Å². The third-order valence-corrected chi connectivity index (χ3v) is 3.55. The first-order valence-corrected chi connectivity index (χ1v) is 7.62. The number of H-pyrrole nitrogens is 1. The Hall–Kier alpha value is -2.80. The highest BCUT2D eigenvalue weighted by atomic mass is 35.5. The summed E-state index contributed by atoms with van der Waals surface area (Å²) in [5.41, 5.74) is 1.19. The van der Waals surface area contributed by atoms with Crippen molar-refractivity contribution in [3.05, 3.63) is 62.8 Å². The first-order chi connectivity index (χ1) is 11.6. The third kappa shape index (κ3) is 3.26. The van der Waals surface area contributed by atoms with E-state index >= 15 is 0 Å². The van der Waals surface area contributed by atoms with Gasteiger partial charge in [0.2, 0.25) is 11.1 Å². The first kappa shape index (κ1) is 16.1. The lowest BCUT2D eigenvalue weighted by atomic mass is 10.1. The fraction of sp³-hybridized carbons (Fsp3) is 0.188. The van der Waals surface area contributed by atoms with E-state index in [9.17, 15) is 9.59 Å². The van der Waals surface area contributed by atoms with E-state index in [0.29, 0.717) is 17.2 Å². The maximum Gasteiger partial charge on any atom is 0.362 e. The number of nitrogens with one attached hydrogen (secondary N) is 1. The van der Waals surface area contributed by atoms with Gasteiger partial charge in [0.15, 0.2) is 5.65 Å². The molecule has 24 heavy (non-hydrogen) atoms. The fourth-order valence-electron chi connectivity index (χ4n) is 2.21. The second kappa shape index (κ2) is 6.76. The Labute approximate surface area is 141 Å². The standard InChI is InChI=1S/C16H13ClN4O3/c1-2-24-16(23)13-14(22)11-5-4-10(19-15(11)21-20-13)7-9-3-6-12(17)18-8-9/h3-6,8H,2,7H2,1H3,(H,19,21,22). The molecule has 8 heteroatoms. The minimum Gasteiger partial charge on any atom is -0.461 e. The van der Waals surface area contributed by atoms with Gasteiger partial charge in [0.25, 0.3) is 0 Å². The van der Waals surface area contributed by atoms with Crippen molar-refractivity contribution in [2.75, 3.05) is 6.61 Å². The molecular weight excluding hydrogens is 332 g/mol. The maximum atomic E-state index is 12.3. The number of fused-ring (bicyclic) bond motifs is 1. The number of hydrogen-bond acceptors (Lipinski definition) is 6. The van der Waals surface area contributed by atoms with Gasteiger partial charge in [-0.15, -0.1) is 0 Å². The Morgan fingerprint density at radius 3 is 2.83 bits per heavy atom. The van der Waals surface area contributed by atoms with Gasteiger partial charge in [-0.3, -0.25) is 9.89 Å². The average Bonchev–Trinajstić information content (AvgIpc) is 2.57. The summed E-state index contributed by atoms with van der Waals surface area (Å²) in [4.78, 5) is 32.4. The molecule has 0 spiro atoms. The molecule has 0 saturated carbocycles. The molecule has 3 heterocycles. The SMILES string of the molecule is CCOC(=O)c1n[nH]c2nc(Cc3ccc(Cl)nc3)ccc2c1=O. The second-order valence-electron chi connectivity index (χ2n) is 4.99. The van der Waals surface area contributed by atoms with Gasteiger partial charge in [0.1, 0.15) is 5.15 Å². The smallest absolute Gasteiger partial charge is 0.362 e. The van der Waals surface area contributed by atoms with Crippen molar-refractivity contribution in [3.63, 3.8) is 0 Å². The van der Waals surface area contributed by atoms with Gasteiger partial charge in [0, 0.05) is 18.3 Å². The van der Waals surface area contributed by atoms with Gasteiger partial charge in [-0.1, -0.05) is 17.7 Å². The Bertz CT molecular complexity index is 954. The Morgan fingerprint density at radius 2 is 2.12 bits per heavy atom. The van der Waals surface area contributed by atoms with E-state index in [4.69, 9.17) is 16.3 Å². The van der Waals surface area contributed by atoms with Crippen LogP contribution in [0.3, 0.4) is 0 Å². The zero-order chi connectivity index (χ0) is 17.1. The molecule has 0 radical (unpaired) electrons. The van der Waals surface area contributed by atoms with Gasteiger partial charge in [0.05, 0.1) is 12.0 Å². The molecule has 0 aliphatic rings. The number of ether oxygens (including phenoxy) is 1. The van der Waals surface area contributed by atoms with Crippen molar-refractivity contribution in [1.29, 1.82) is 0 Å². The minimum absolute atomic E-state index is 0.171. The predicted molar refractivity (Wildman–Crippen MR) is 88.2 cm³/mol. The zero-order valence-electron chi connectivity index (χ0n) is 12.7. The van der Waals surface area contributed by atoms with Crippen LogP contribution < -0.4 is 5.43 Å². The molecule has 122 valence electrons. The monoisotopic (exact) mass is 344 g/mol. The van der Waals surface area contributed by atoms with E-state index in [1.54, 1.807) is 31.3 Å². The van der Waals surface area contributed by atoms with Gasteiger partial charge in [-0.05, 0) is 30.7 Å². The fourth-order valence-corrected chi connectivity index (χ4v) is 2.32. The molecule has 0 aliphatic heterocycles. The number of nitrogens with zero attached hydrogens (tertiary/aromatic N) is 3. The Kier molecular flexibility index (Phi) is 4.52. The van der Waals surface area contributed by atoms with Crippen molar-refractivity contribution in [2.45, 2.75) is 13.3 Å². The van der Waals surface area contributed by atoms with Crippen LogP contribution in [0.2, 0.25) is 5.15 Å². The second-order valence-corrected chi connectivity index (χ2v) is 5.37. The number of pyridine rings is 2. The Morgan fingerprint density at radius 1 is 1.29 bits per heavy atom. The number of hydrogen-bond donors (Lipinski definition) is 1. The van der Waals surface area contributed by atoms with E-state index < -0.39 is 11.4 Å². The third-order valence-electron chi connectivity index (χ3n) is 3.33. The van der Waals surface area contributed by atoms with Gasteiger partial charge in [-0.25, -0.2) is 14.8 Å². The number of carbonyl (C=O) groups is 1. The van der Waals surface area contributed by atoms with Crippen LogP contribution in [0, 0.1) is 0 Å². The molecule has 0 amide bonds. The Balaban J connectivity index is 1.94. The average molecular weight is 345 g/mol. The quantitative estimate of drug-likeness (QED) is 0.575. The van der Waals surface area contributed by atoms with Gasteiger partial charge in [-0.2, -0.15) is 5.10 Å². The van der Waals surface area contributed by atoms with Crippen LogP contribution in [0.5, 0.6) is 0 Å². The molecule has 0 bridgehead atoms. The molecule has 0 aromatic carbocycles. The maximum absolute atomic E-state index is 12.3. The summed E-state index contributed by atoms with van der Waals surface area (Å²) in [6, 6.07) is 6.89. The number of aromatic amines is 1. The number of aromatic nitrogens is 4. The summed E-state index contributed by atoms with van der Waals surface area (Å²) in [6.45, 7) is 1.83. The van der Waals surface area contributed by atoms with Crippen molar-refractivity contribution in [2.24, 2.45) is 0 Å². The molecule has 0 unspecified atom stereocenters. The predicted octanol–water partition coefficient (Wildman–Crippen LogP) is 2.13. The van der Waals surface area contributed by atoms with Crippen LogP contribution in [0.25, 0.3) is 11.0 Å². The summed E-state index contributed by atoms with van der Waals surface area (Å²) in [5.74, 6) is -0.753. The van der Waals surface area contributed by atoms with Crippen molar-refractivity contribution >= 4 is 28.6 Å². The molecule has 3 aromatic rings. The number of halogens is 1. The van der Waals surface area contributed by atoms with Crippen LogP contribution >= 0.6 is 11.6 Å². The highest BCUT2D eigenvalue weighted by molar-refractivity contribution is 6.29. The van der Waals surface area contributed by atoms with E-state index in [2.05, 4.69) is 20.2 Å². The number of rotatable bonds is 4. The lowest BCUT2D eigenvalue weighted by Crippen LogP contribution is -2.21. The zero-order valence-corrected chi connectivity index (χ0v) is 13.5. The molecule has 0 saturated heterocycles. The summed E-state index contributed by atoms with van der Waals surface area (Å²) in [6.07, 6.45) is 2.20. The van der Waals surface area contributed by atoms with Crippen LogP contribution in [0.1, 0.15) is 28.7 Å². The molecule has 7 nitrogen and oxygen atoms in total. The first-order valence-electron chi connectivity index (χ1n) is 7.24.